The van der Waals surface area contributed by atoms with Gasteiger partial charge >= 0.3 is 0 Å². The topological polar surface area (TPSA) is 77.3 Å². The fraction of sp³-hybridized carbons (Fsp3) is 0.222. The number of nitro groups is 1. The van der Waals surface area contributed by atoms with Crippen LogP contribution in [-0.4, -0.2) is 16.5 Å². The van der Waals surface area contributed by atoms with E-state index in [4.69, 9.17) is 0 Å². The number of benzene rings is 2. The van der Waals surface area contributed by atoms with Crippen LogP contribution in [0.25, 0.3) is 0 Å². The molecule has 2 rings (SSSR count). The van der Waals surface area contributed by atoms with Crippen LogP contribution in [0.15, 0.2) is 60.7 Å². The van der Waals surface area contributed by atoms with Crippen molar-refractivity contribution in [3.8, 4) is 0 Å². The second-order valence-corrected chi connectivity index (χ2v) is 5.34. The second kappa shape index (κ2) is 7.45. The number of Topliss-reactive ketones (excluding diaryl/α,β-unsaturated/α-hetero) is 2. The smallest absolute Gasteiger partial charge is 0.245 e. The predicted octanol–water partition coefficient (Wildman–Crippen LogP) is 3.34. The number of nitrogens with zero attached hydrogens (tertiary/aromatic N) is 1. The van der Waals surface area contributed by atoms with Crippen molar-refractivity contribution in [2.75, 3.05) is 0 Å². The van der Waals surface area contributed by atoms with Crippen molar-refractivity contribution >= 4 is 11.6 Å². The van der Waals surface area contributed by atoms with E-state index in [2.05, 4.69) is 0 Å². The van der Waals surface area contributed by atoms with Crippen LogP contribution in [0.2, 0.25) is 0 Å². The van der Waals surface area contributed by atoms with Crippen molar-refractivity contribution in [2.24, 2.45) is 0 Å². The molecule has 0 saturated carbocycles. The summed E-state index contributed by atoms with van der Waals surface area (Å²) >= 11 is 0. The molecule has 0 N–H and O–H groups in total. The highest BCUT2D eigenvalue weighted by Gasteiger charge is 2.36. The van der Waals surface area contributed by atoms with Crippen molar-refractivity contribution < 1.29 is 14.5 Å². The molecular weight excluding hydrogens is 294 g/mol. The standard InChI is InChI=1S/C18H17NO4/c1-13(20)17(21)12-16(14-8-4-2-5-9-14)18(19(22)23)15-10-6-3-7-11-15/h2-11,16,18H,12H2,1H3. The van der Waals surface area contributed by atoms with E-state index < -0.39 is 23.5 Å². The molecular formula is C18H17NO4. The van der Waals surface area contributed by atoms with Crippen molar-refractivity contribution in [3.63, 3.8) is 0 Å². The van der Waals surface area contributed by atoms with E-state index in [1.807, 2.05) is 0 Å². The Hall–Kier alpha value is -2.82. The quantitative estimate of drug-likeness (QED) is 0.446. The van der Waals surface area contributed by atoms with E-state index >= 15 is 0 Å². The van der Waals surface area contributed by atoms with Crippen LogP contribution in [-0.2, 0) is 9.59 Å². The number of hydrogen-bond acceptors (Lipinski definition) is 4. The zero-order valence-corrected chi connectivity index (χ0v) is 12.7. The first-order chi connectivity index (χ1) is 11.0. The SMILES string of the molecule is CC(=O)C(=O)CC(c1ccccc1)C(c1ccccc1)[N+](=O)[O-]. The second-order valence-electron chi connectivity index (χ2n) is 5.34. The third kappa shape index (κ3) is 4.10. The molecule has 0 heterocycles. The van der Waals surface area contributed by atoms with Crippen molar-refractivity contribution in [2.45, 2.75) is 25.3 Å². The third-order valence-corrected chi connectivity index (χ3v) is 3.78. The van der Waals surface area contributed by atoms with Gasteiger partial charge in [-0.3, -0.25) is 19.7 Å². The molecule has 0 fully saturated rings. The summed E-state index contributed by atoms with van der Waals surface area (Å²) in [4.78, 5) is 34.5. The lowest BCUT2D eigenvalue weighted by atomic mass is 9.83. The highest BCUT2D eigenvalue weighted by atomic mass is 16.6. The molecule has 0 spiro atoms. The van der Waals surface area contributed by atoms with Crippen LogP contribution in [0.5, 0.6) is 0 Å². The van der Waals surface area contributed by atoms with E-state index in [0.717, 1.165) is 0 Å². The summed E-state index contributed by atoms with van der Waals surface area (Å²) in [6.07, 6.45) is -0.181. The highest BCUT2D eigenvalue weighted by molar-refractivity contribution is 6.36. The Morgan fingerprint density at radius 1 is 0.957 bits per heavy atom. The Morgan fingerprint density at radius 3 is 1.87 bits per heavy atom. The maximum Gasteiger partial charge on any atom is 0.245 e. The van der Waals surface area contributed by atoms with E-state index in [-0.39, 0.29) is 11.3 Å². The minimum Gasteiger partial charge on any atom is -0.291 e. The molecule has 0 aliphatic carbocycles. The Bertz CT molecular complexity index is 697. The van der Waals surface area contributed by atoms with E-state index in [0.29, 0.717) is 11.1 Å². The summed E-state index contributed by atoms with van der Waals surface area (Å²) in [6.45, 7) is 1.19. The molecule has 5 heteroatoms. The first kappa shape index (κ1) is 16.5. The first-order valence-electron chi connectivity index (χ1n) is 7.28. The molecule has 118 valence electrons. The third-order valence-electron chi connectivity index (χ3n) is 3.78. The summed E-state index contributed by atoms with van der Waals surface area (Å²) in [5.74, 6) is -1.87. The molecule has 0 saturated heterocycles. The lowest BCUT2D eigenvalue weighted by Crippen LogP contribution is -2.24. The Labute approximate surface area is 134 Å². The summed E-state index contributed by atoms with van der Waals surface area (Å²) in [6, 6.07) is 16.3. The number of ketones is 2. The van der Waals surface area contributed by atoms with Gasteiger partial charge < -0.3 is 0 Å². The van der Waals surface area contributed by atoms with Crippen molar-refractivity contribution in [3.05, 3.63) is 81.9 Å². The fourth-order valence-electron chi connectivity index (χ4n) is 2.61. The maximum atomic E-state index is 11.9. The zero-order valence-electron chi connectivity index (χ0n) is 12.7. The molecule has 2 unspecified atom stereocenters. The summed E-state index contributed by atoms with van der Waals surface area (Å²) in [7, 11) is 0. The number of carbonyl (C=O) groups is 2. The Balaban J connectivity index is 2.47. The monoisotopic (exact) mass is 311 g/mol. The van der Waals surface area contributed by atoms with Gasteiger partial charge in [0.15, 0.2) is 11.6 Å². The molecule has 0 aliphatic rings. The maximum absolute atomic E-state index is 11.9. The fourth-order valence-corrected chi connectivity index (χ4v) is 2.61. The van der Waals surface area contributed by atoms with E-state index in [9.17, 15) is 19.7 Å². The average molecular weight is 311 g/mol. The van der Waals surface area contributed by atoms with Crippen LogP contribution < -0.4 is 0 Å². The van der Waals surface area contributed by atoms with Gasteiger partial charge in [0, 0.05) is 23.8 Å². The van der Waals surface area contributed by atoms with Crippen molar-refractivity contribution in [1.29, 1.82) is 0 Å². The van der Waals surface area contributed by atoms with Crippen molar-refractivity contribution in [1.82, 2.24) is 0 Å². The predicted molar refractivity (Wildman–Crippen MR) is 85.7 cm³/mol. The van der Waals surface area contributed by atoms with E-state index in [1.54, 1.807) is 60.7 Å². The molecule has 0 bridgehead atoms. The van der Waals surface area contributed by atoms with Gasteiger partial charge in [-0.25, -0.2) is 0 Å². The van der Waals surface area contributed by atoms with Gasteiger partial charge in [-0.05, 0) is 5.56 Å². The molecule has 0 amide bonds. The van der Waals surface area contributed by atoms with Gasteiger partial charge in [0.2, 0.25) is 6.04 Å². The molecule has 0 aromatic heterocycles. The Morgan fingerprint density at radius 2 is 1.43 bits per heavy atom. The van der Waals surface area contributed by atoms with Crippen LogP contribution in [0.3, 0.4) is 0 Å². The van der Waals surface area contributed by atoms with Gasteiger partial charge in [0.25, 0.3) is 0 Å². The normalized spacial score (nSPS) is 13.1. The molecule has 5 nitrogen and oxygen atoms in total. The van der Waals surface area contributed by atoms with Gasteiger partial charge in [-0.1, -0.05) is 60.7 Å². The number of hydrogen-bond donors (Lipinski definition) is 0. The number of rotatable bonds is 7. The average Bonchev–Trinajstić information content (AvgIpc) is 2.55. The lowest BCUT2D eigenvalue weighted by molar-refractivity contribution is -0.533. The number of carbonyl (C=O) groups excluding carboxylic acids is 2. The van der Waals surface area contributed by atoms with Crippen LogP contribution >= 0.6 is 0 Å². The minimum absolute atomic E-state index is 0.181. The highest BCUT2D eigenvalue weighted by Crippen LogP contribution is 2.36. The van der Waals surface area contributed by atoms with Crippen LogP contribution in [0, 0.1) is 10.1 Å². The largest absolute Gasteiger partial charge is 0.291 e. The summed E-state index contributed by atoms with van der Waals surface area (Å²) in [5.41, 5.74) is 1.19. The van der Waals surface area contributed by atoms with Gasteiger partial charge in [0.05, 0.1) is 5.92 Å². The van der Waals surface area contributed by atoms with Gasteiger partial charge in [0.1, 0.15) is 0 Å². The molecule has 2 atom stereocenters. The van der Waals surface area contributed by atoms with Gasteiger partial charge in [-0.2, -0.15) is 0 Å². The Kier molecular flexibility index (Phi) is 5.36. The molecule has 2 aromatic rings. The lowest BCUT2D eigenvalue weighted by Gasteiger charge is -2.21. The first-order valence-corrected chi connectivity index (χ1v) is 7.28. The summed E-state index contributed by atoms with van der Waals surface area (Å²) in [5, 5.41) is 11.7. The molecule has 0 radical (unpaired) electrons. The van der Waals surface area contributed by atoms with E-state index in [1.165, 1.54) is 6.92 Å². The molecule has 2 aromatic carbocycles. The summed E-state index contributed by atoms with van der Waals surface area (Å²) < 4.78 is 0. The van der Waals surface area contributed by atoms with Gasteiger partial charge in [-0.15, -0.1) is 0 Å². The minimum atomic E-state index is -1.08. The van der Waals surface area contributed by atoms with Crippen LogP contribution in [0.1, 0.15) is 36.4 Å². The molecule has 23 heavy (non-hydrogen) atoms. The molecule has 0 aliphatic heterocycles. The van der Waals surface area contributed by atoms with Crippen LogP contribution in [0.4, 0.5) is 0 Å². The zero-order chi connectivity index (χ0) is 16.8.